The van der Waals surface area contributed by atoms with Crippen molar-refractivity contribution in [1.29, 1.82) is 0 Å². The highest BCUT2D eigenvalue weighted by Gasteiger charge is 2.17. The fourth-order valence-electron chi connectivity index (χ4n) is 3.13. The summed E-state index contributed by atoms with van der Waals surface area (Å²) in [5.74, 6) is -0.970. The number of rotatable bonds is 8. The molecule has 4 rings (SSSR count). The first-order valence-corrected chi connectivity index (χ1v) is 12.4. The molecule has 2 amide bonds. The van der Waals surface area contributed by atoms with Gasteiger partial charge in [-0.1, -0.05) is 6.07 Å². The van der Waals surface area contributed by atoms with E-state index in [9.17, 15) is 24.1 Å². The van der Waals surface area contributed by atoms with Crippen molar-refractivity contribution in [3.05, 3.63) is 99.7 Å². The molecule has 0 aliphatic rings. The van der Waals surface area contributed by atoms with Gasteiger partial charge in [-0.15, -0.1) is 23.1 Å². The summed E-state index contributed by atoms with van der Waals surface area (Å²) in [6.07, 6.45) is 0. The molecule has 1 aromatic heterocycles. The van der Waals surface area contributed by atoms with E-state index in [-0.39, 0.29) is 23.0 Å². The van der Waals surface area contributed by atoms with Gasteiger partial charge in [-0.3, -0.25) is 19.7 Å². The lowest BCUT2D eigenvalue weighted by molar-refractivity contribution is -0.384. The molecule has 1 atom stereocenters. The number of hydrogen-bond donors (Lipinski definition) is 2. The molecule has 0 saturated heterocycles. The van der Waals surface area contributed by atoms with Crippen LogP contribution in [0.25, 0.3) is 11.3 Å². The fourth-order valence-corrected chi connectivity index (χ4v) is 4.78. The molecule has 0 bridgehead atoms. The summed E-state index contributed by atoms with van der Waals surface area (Å²) in [7, 11) is 0. The van der Waals surface area contributed by atoms with E-state index < -0.39 is 16.1 Å². The van der Waals surface area contributed by atoms with Crippen molar-refractivity contribution in [1.82, 2.24) is 4.98 Å². The molecule has 182 valence electrons. The lowest BCUT2D eigenvalue weighted by Crippen LogP contribution is -2.22. The molecule has 0 aliphatic heterocycles. The summed E-state index contributed by atoms with van der Waals surface area (Å²) in [5.41, 5.74) is 2.12. The first-order valence-electron chi connectivity index (χ1n) is 10.6. The summed E-state index contributed by atoms with van der Waals surface area (Å²) >= 11 is 2.59. The fraction of sp³-hybridized carbons (Fsp3) is 0.0800. The molecule has 3 aromatic carbocycles. The van der Waals surface area contributed by atoms with E-state index in [2.05, 4.69) is 15.6 Å². The first kappa shape index (κ1) is 25.0. The highest BCUT2D eigenvalue weighted by Crippen LogP contribution is 2.29. The number of thiazole rings is 1. The molecule has 0 aliphatic carbocycles. The maximum Gasteiger partial charge on any atom is 0.269 e. The zero-order chi connectivity index (χ0) is 25.7. The second kappa shape index (κ2) is 11.1. The Morgan fingerprint density at radius 2 is 1.78 bits per heavy atom. The Bertz CT molecular complexity index is 1410. The van der Waals surface area contributed by atoms with Gasteiger partial charge in [-0.2, -0.15) is 0 Å². The van der Waals surface area contributed by atoms with Crippen LogP contribution in [0.15, 0.2) is 83.1 Å². The molecule has 4 aromatic rings. The van der Waals surface area contributed by atoms with Crippen LogP contribution in [0, 0.1) is 15.9 Å². The molecular weight excluding hydrogens is 503 g/mol. The summed E-state index contributed by atoms with van der Waals surface area (Å²) in [6.45, 7) is 1.76. The molecule has 1 heterocycles. The number of nitrogens with one attached hydrogen (secondary N) is 2. The third-order valence-electron chi connectivity index (χ3n) is 4.99. The number of nitro benzene ring substituents is 1. The van der Waals surface area contributed by atoms with Gasteiger partial charge < -0.3 is 10.6 Å². The number of carbonyl (C=O) groups excluding carboxylic acids is 2. The van der Waals surface area contributed by atoms with E-state index in [0.717, 1.165) is 10.5 Å². The average Bonchev–Trinajstić information content (AvgIpc) is 3.33. The predicted octanol–water partition coefficient (Wildman–Crippen LogP) is 6.23. The highest BCUT2D eigenvalue weighted by molar-refractivity contribution is 8.00. The first-order chi connectivity index (χ1) is 17.3. The standard InChI is InChI=1S/C25H19FN4O4S2/c1-15(23(31)29-25-28-22(14-35-25)16-5-9-18(26)10-6-16)36-21-4-2-3-19(13-21)27-24(32)17-7-11-20(12-8-17)30(33)34/h2-15H,1H3,(H,27,32)(H,28,29,31). The minimum absolute atomic E-state index is 0.0957. The summed E-state index contributed by atoms with van der Waals surface area (Å²) in [6, 6.07) is 18.3. The van der Waals surface area contributed by atoms with Gasteiger partial charge in [0, 0.05) is 39.2 Å². The molecule has 1 unspecified atom stereocenters. The maximum atomic E-state index is 13.1. The lowest BCUT2D eigenvalue weighted by Gasteiger charge is -2.12. The number of halogens is 1. The number of anilines is 2. The van der Waals surface area contributed by atoms with Crippen molar-refractivity contribution in [2.24, 2.45) is 0 Å². The van der Waals surface area contributed by atoms with Gasteiger partial charge in [-0.05, 0) is 61.5 Å². The molecule has 11 heteroatoms. The minimum atomic E-state index is -0.529. The zero-order valence-corrected chi connectivity index (χ0v) is 20.4. The highest BCUT2D eigenvalue weighted by atomic mass is 32.2. The van der Waals surface area contributed by atoms with Crippen molar-refractivity contribution in [3.8, 4) is 11.3 Å². The quantitative estimate of drug-likeness (QED) is 0.161. The molecule has 0 saturated carbocycles. The van der Waals surface area contributed by atoms with Crippen LogP contribution in [0.3, 0.4) is 0 Å². The Balaban J connectivity index is 1.35. The van der Waals surface area contributed by atoms with E-state index in [4.69, 9.17) is 0 Å². The van der Waals surface area contributed by atoms with E-state index in [1.165, 1.54) is 59.5 Å². The van der Waals surface area contributed by atoms with Crippen LogP contribution >= 0.6 is 23.1 Å². The van der Waals surface area contributed by atoms with Crippen molar-refractivity contribution in [3.63, 3.8) is 0 Å². The van der Waals surface area contributed by atoms with Gasteiger partial charge in [0.1, 0.15) is 5.82 Å². The monoisotopic (exact) mass is 522 g/mol. The number of amides is 2. The second-order valence-electron chi connectivity index (χ2n) is 7.58. The minimum Gasteiger partial charge on any atom is -0.322 e. The van der Waals surface area contributed by atoms with Crippen LogP contribution in [0.5, 0.6) is 0 Å². The number of carbonyl (C=O) groups is 2. The Kier molecular flexibility index (Phi) is 7.71. The topological polar surface area (TPSA) is 114 Å². The Morgan fingerprint density at radius 3 is 2.47 bits per heavy atom. The van der Waals surface area contributed by atoms with Crippen molar-refractivity contribution in [2.45, 2.75) is 17.1 Å². The van der Waals surface area contributed by atoms with E-state index in [1.807, 2.05) is 6.07 Å². The van der Waals surface area contributed by atoms with Gasteiger partial charge in [0.15, 0.2) is 5.13 Å². The van der Waals surface area contributed by atoms with Crippen molar-refractivity contribution >= 4 is 51.4 Å². The van der Waals surface area contributed by atoms with Crippen molar-refractivity contribution in [2.75, 3.05) is 10.6 Å². The number of benzene rings is 3. The summed E-state index contributed by atoms with van der Waals surface area (Å²) in [4.78, 5) is 40.6. The zero-order valence-electron chi connectivity index (χ0n) is 18.8. The maximum absolute atomic E-state index is 13.1. The SMILES string of the molecule is CC(Sc1cccc(NC(=O)c2ccc([N+](=O)[O-])cc2)c1)C(=O)Nc1nc(-c2ccc(F)cc2)cs1. The van der Waals surface area contributed by atoms with Gasteiger partial charge in [0.05, 0.1) is 15.9 Å². The number of aromatic nitrogens is 1. The van der Waals surface area contributed by atoms with Gasteiger partial charge in [0.25, 0.3) is 11.6 Å². The van der Waals surface area contributed by atoms with Crippen LogP contribution in [0.1, 0.15) is 17.3 Å². The van der Waals surface area contributed by atoms with Crippen molar-refractivity contribution < 1.29 is 18.9 Å². The van der Waals surface area contributed by atoms with E-state index >= 15 is 0 Å². The van der Waals surface area contributed by atoms with Crippen LogP contribution < -0.4 is 10.6 Å². The van der Waals surface area contributed by atoms with Crippen LogP contribution in [-0.2, 0) is 4.79 Å². The molecular formula is C25H19FN4O4S2. The number of thioether (sulfide) groups is 1. The van der Waals surface area contributed by atoms with Crippen LogP contribution in [0.2, 0.25) is 0 Å². The van der Waals surface area contributed by atoms with Crippen LogP contribution in [0.4, 0.5) is 20.9 Å². The normalized spacial score (nSPS) is 11.5. The molecule has 0 spiro atoms. The average molecular weight is 523 g/mol. The third-order valence-corrected chi connectivity index (χ3v) is 6.84. The number of hydrogen-bond acceptors (Lipinski definition) is 7. The van der Waals surface area contributed by atoms with E-state index in [0.29, 0.717) is 16.5 Å². The third kappa shape index (κ3) is 6.32. The number of nitro groups is 1. The molecule has 2 N–H and O–H groups in total. The Labute approximate surface area is 213 Å². The molecule has 8 nitrogen and oxygen atoms in total. The largest absolute Gasteiger partial charge is 0.322 e. The van der Waals surface area contributed by atoms with Gasteiger partial charge in [-0.25, -0.2) is 9.37 Å². The number of nitrogens with zero attached hydrogens (tertiary/aromatic N) is 2. The smallest absolute Gasteiger partial charge is 0.269 e. The number of non-ortho nitro benzene ring substituents is 1. The summed E-state index contributed by atoms with van der Waals surface area (Å²) in [5, 5.41) is 18.1. The Hall–Kier alpha value is -4.09. The Morgan fingerprint density at radius 1 is 1.06 bits per heavy atom. The summed E-state index contributed by atoms with van der Waals surface area (Å²) < 4.78 is 13.1. The van der Waals surface area contributed by atoms with E-state index in [1.54, 1.807) is 42.6 Å². The predicted molar refractivity (Wildman–Crippen MR) is 139 cm³/mol. The molecule has 36 heavy (non-hydrogen) atoms. The lowest BCUT2D eigenvalue weighted by atomic mass is 10.2. The van der Waals surface area contributed by atoms with Crippen LogP contribution in [-0.4, -0.2) is 27.0 Å². The molecule has 0 fully saturated rings. The second-order valence-corrected chi connectivity index (χ2v) is 9.85. The molecule has 0 radical (unpaired) electrons. The van der Waals surface area contributed by atoms with Gasteiger partial charge in [0.2, 0.25) is 5.91 Å². The van der Waals surface area contributed by atoms with Gasteiger partial charge >= 0.3 is 0 Å².